The Morgan fingerprint density at radius 1 is 1.19 bits per heavy atom. The van der Waals surface area contributed by atoms with Crippen molar-refractivity contribution >= 4 is 11.7 Å². The highest BCUT2D eigenvalue weighted by Crippen LogP contribution is 2.19. The Morgan fingerprint density at radius 3 is 2.54 bits per heavy atom. The van der Waals surface area contributed by atoms with E-state index >= 15 is 0 Å². The minimum atomic E-state index is -0.534. The normalized spacial score (nSPS) is 15.3. The number of carbonyl (C=O) groups excluding carboxylic acids is 1. The van der Waals surface area contributed by atoms with E-state index in [9.17, 15) is 10.1 Å². The first-order valence-electron chi connectivity index (χ1n) is 8.70. The lowest BCUT2D eigenvalue weighted by Crippen LogP contribution is -2.52. The maximum atomic E-state index is 12.7. The highest BCUT2D eigenvalue weighted by atomic mass is 16.5. The van der Waals surface area contributed by atoms with Crippen LogP contribution in [0.3, 0.4) is 0 Å². The van der Waals surface area contributed by atoms with E-state index in [-0.39, 0.29) is 5.91 Å². The molecule has 1 aliphatic heterocycles. The number of aromatic nitrogens is 1. The molecule has 2 heterocycles. The summed E-state index contributed by atoms with van der Waals surface area (Å²) in [4.78, 5) is 20.8. The van der Waals surface area contributed by atoms with Crippen LogP contribution >= 0.6 is 0 Å². The molecule has 134 valence electrons. The Hall–Kier alpha value is -3.07. The lowest BCUT2D eigenvalue weighted by molar-refractivity contribution is -0.138. The number of piperazine rings is 1. The largest absolute Gasteiger partial charge is 0.481 e. The van der Waals surface area contributed by atoms with E-state index in [1.807, 2.05) is 41.0 Å². The SMILES string of the molecule is Cc1ccc(OC(C)C(=O)N2CCN(c3ncccc3C#N)CC2)cc1. The van der Waals surface area contributed by atoms with Gasteiger partial charge in [-0.1, -0.05) is 17.7 Å². The number of nitrogens with zero attached hydrogens (tertiary/aromatic N) is 4. The van der Waals surface area contributed by atoms with Crippen molar-refractivity contribution in [3.8, 4) is 11.8 Å². The van der Waals surface area contributed by atoms with E-state index in [0.29, 0.717) is 43.3 Å². The van der Waals surface area contributed by atoms with Crippen LogP contribution in [0, 0.1) is 18.3 Å². The smallest absolute Gasteiger partial charge is 0.263 e. The number of carbonyl (C=O) groups is 1. The van der Waals surface area contributed by atoms with Crippen LogP contribution in [-0.4, -0.2) is 48.1 Å². The number of hydrogen-bond acceptors (Lipinski definition) is 5. The summed E-state index contributed by atoms with van der Waals surface area (Å²) in [5.74, 6) is 1.36. The highest BCUT2D eigenvalue weighted by Gasteiger charge is 2.27. The molecular formula is C20H22N4O2. The van der Waals surface area contributed by atoms with Crippen molar-refractivity contribution in [2.24, 2.45) is 0 Å². The number of pyridine rings is 1. The lowest BCUT2D eigenvalue weighted by atomic mass is 10.2. The fourth-order valence-electron chi connectivity index (χ4n) is 3.00. The van der Waals surface area contributed by atoms with Gasteiger partial charge in [0.15, 0.2) is 6.10 Å². The molecule has 6 nitrogen and oxygen atoms in total. The zero-order valence-electron chi connectivity index (χ0n) is 15.1. The maximum Gasteiger partial charge on any atom is 0.263 e. The molecule has 0 saturated carbocycles. The molecule has 0 radical (unpaired) electrons. The Morgan fingerprint density at radius 2 is 1.88 bits per heavy atom. The quantitative estimate of drug-likeness (QED) is 0.847. The molecule has 0 spiro atoms. The van der Waals surface area contributed by atoms with E-state index in [1.54, 1.807) is 25.3 Å². The first-order valence-corrected chi connectivity index (χ1v) is 8.70. The van der Waals surface area contributed by atoms with Gasteiger partial charge in [-0.25, -0.2) is 4.98 Å². The first-order chi connectivity index (χ1) is 12.6. The van der Waals surface area contributed by atoms with Gasteiger partial charge in [0.1, 0.15) is 17.6 Å². The number of benzene rings is 1. The molecule has 2 aromatic rings. The van der Waals surface area contributed by atoms with E-state index in [4.69, 9.17) is 4.74 Å². The second-order valence-electron chi connectivity index (χ2n) is 6.37. The van der Waals surface area contributed by atoms with Gasteiger partial charge in [0.25, 0.3) is 5.91 Å². The molecule has 1 atom stereocenters. The molecule has 1 unspecified atom stereocenters. The fraction of sp³-hybridized carbons (Fsp3) is 0.350. The summed E-state index contributed by atoms with van der Waals surface area (Å²) in [6.45, 7) is 6.26. The number of rotatable bonds is 4. The molecule has 0 aliphatic carbocycles. The van der Waals surface area contributed by atoms with Crippen molar-refractivity contribution in [3.63, 3.8) is 0 Å². The van der Waals surface area contributed by atoms with Gasteiger partial charge in [-0.15, -0.1) is 0 Å². The molecule has 1 saturated heterocycles. The Bertz CT molecular complexity index is 805. The van der Waals surface area contributed by atoms with E-state index in [2.05, 4.69) is 11.1 Å². The molecule has 6 heteroatoms. The monoisotopic (exact) mass is 350 g/mol. The van der Waals surface area contributed by atoms with Gasteiger partial charge >= 0.3 is 0 Å². The van der Waals surface area contributed by atoms with Crippen LogP contribution in [0.25, 0.3) is 0 Å². The summed E-state index contributed by atoms with van der Waals surface area (Å²) >= 11 is 0. The Kier molecular flexibility index (Phi) is 5.37. The summed E-state index contributed by atoms with van der Waals surface area (Å²) < 4.78 is 5.77. The van der Waals surface area contributed by atoms with Gasteiger partial charge in [-0.3, -0.25) is 4.79 Å². The van der Waals surface area contributed by atoms with Gasteiger partial charge in [-0.2, -0.15) is 5.26 Å². The summed E-state index contributed by atoms with van der Waals surface area (Å²) in [7, 11) is 0. The van der Waals surface area contributed by atoms with E-state index < -0.39 is 6.10 Å². The molecule has 1 aromatic heterocycles. The summed E-state index contributed by atoms with van der Waals surface area (Å²) in [6.07, 6.45) is 1.15. The topological polar surface area (TPSA) is 69.5 Å². The number of nitriles is 1. The zero-order valence-corrected chi connectivity index (χ0v) is 15.1. The third-order valence-electron chi connectivity index (χ3n) is 4.48. The van der Waals surface area contributed by atoms with Crippen LogP contribution in [0.2, 0.25) is 0 Å². The third-order valence-corrected chi connectivity index (χ3v) is 4.48. The maximum absolute atomic E-state index is 12.7. The predicted molar refractivity (Wildman–Crippen MR) is 99.0 cm³/mol. The Balaban J connectivity index is 1.58. The second-order valence-corrected chi connectivity index (χ2v) is 6.37. The number of amides is 1. The van der Waals surface area contributed by atoms with Crippen molar-refractivity contribution in [1.82, 2.24) is 9.88 Å². The number of hydrogen-bond donors (Lipinski definition) is 0. The zero-order chi connectivity index (χ0) is 18.5. The van der Waals surface area contributed by atoms with Crippen LogP contribution in [0.15, 0.2) is 42.6 Å². The molecular weight excluding hydrogens is 328 g/mol. The minimum Gasteiger partial charge on any atom is -0.481 e. The minimum absolute atomic E-state index is 0.0215. The molecule has 0 bridgehead atoms. The highest BCUT2D eigenvalue weighted by molar-refractivity contribution is 5.81. The van der Waals surface area contributed by atoms with Crippen molar-refractivity contribution < 1.29 is 9.53 Å². The molecule has 1 aliphatic rings. The van der Waals surface area contributed by atoms with E-state index in [1.165, 1.54) is 0 Å². The lowest BCUT2D eigenvalue weighted by Gasteiger charge is -2.36. The van der Waals surface area contributed by atoms with Crippen molar-refractivity contribution in [3.05, 3.63) is 53.7 Å². The van der Waals surface area contributed by atoms with Crippen molar-refractivity contribution in [2.75, 3.05) is 31.1 Å². The fourth-order valence-corrected chi connectivity index (χ4v) is 3.00. The number of aryl methyl sites for hydroxylation is 1. The van der Waals surface area contributed by atoms with Crippen LogP contribution in [0.4, 0.5) is 5.82 Å². The average molecular weight is 350 g/mol. The number of anilines is 1. The van der Waals surface area contributed by atoms with Gasteiger partial charge in [0, 0.05) is 32.4 Å². The van der Waals surface area contributed by atoms with Gasteiger partial charge in [-0.05, 0) is 38.1 Å². The summed E-state index contributed by atoms with van der Waals surface area (Å²) in [5.41, 5.74) is 1.71. The number of ether oxygens (including phenoxy) is 1. The van der Waals surface area contributed by atoms with Crippen molar-refractivity contribution in [1.29, 1.82) is 5.26 Å². The van der Waals surface area contributed by atoms with Crippen molar-refractivity contribution in [2.45, 2.75) is 20.0 Å². The first kappa shape index (κ1) is 17.7. The van der Waals surface area contributed by atoms with Gasteiger partial charge < -0.3 is 14.5 Å². The van der Waals surface area contributed by atoms with Crippen LogP contribution in [0.1, 0.15) is 18.1 Å². The Labute approximate surface area is 153 Å². The average Bonchev–Trinajstić information content (AvgIpc) is 2.69. The molecule has 3 rings (SSSR count). The van der Waals surface area contributed by atoms with Gasteiger partial charge in [0.05, 0.1) is 5.56 Å². The second kappa shape index (κ2) is 7.87. The molecule has 0 N–H and O–H groups in total. The molecule has 26 heavy (non-hydrogen) atoms. The van der Waals surface area contributed by atoms with Crippen LogP contribution in [-0.2, 0) is 4.79 Å². The van der Waals surface area contributed by atoms with Crippen LogP contribution in [0.5, 0.6) is 5.75 Å². The molecule has 1 aromatic carbocycles. The third kappa shape index (κ3) is 3.94. The van der Waals surface area contributed by atoms with E-state index in [0.717, 1.165) is 5.56 Å². The summed E-state index contributed by atoms with van der Waals surface area (Å²) in [5, 5.41) is 9.22. The van der Waals surface area contributed by atoms with Gasteiger partial charge in [0.2, 0.25) is 0 Å². The molecule has 1 amide bonds. The van der Waals surface area contributed by atoms with Crippen LogP contribution < -0.4 is 9.64 Å². The standard InChI is InChI=1S/C20H22N4O2/c1-15-5-7-18(8-6-15)26-16(2)20(25)24-12-10-23(11-13-24)19-17(14-21)4-3-9-22-19/h3-9,16H,10-13H2,1-2H3. The molecule has 1 fully saturated rings. The summed E-state index contributed by atoms with van der Waals surface area (Å²) in [6, 6.07) is 13.4. The predicted octanol–water partition coefficient (Wildman–Crippen LogP) is 2.38.